The number of aryl methyl sites for hydroxylation is 1. The van der Waals surface area contributed by atoms with Gasteiger partial charge in [0.15, 0.2) is 0 Å². The molecule has 1 aliphatic rings. The van der Waals surface area contributed by atoms with Gasteiger partial charge in [-0.3, -0.25) is 0 Å². The van der Waals surface area contributed by atoms with Crippen molar-refractivity contribution in [3.05, 3.63) is 59.7 Å². The van der Waals surface area contributed by atoms with Crippen molar-refractivity contribution in [2.24, 2.45) is 10.3 Å². The Morgan fingerprint density at radius 3 is 2.26 bits per heavy atom. The largest absolute Gasteiger partial charge is 0.626 e. The zero-order valence-corrected chi connectivity index (χ0v) is 15.4. The highest BCUT2D eigenvalue weighted by Gasteiger charge is 2.49. The Kier molecular flexibility index (Phi) is 3.97. The van der Waals surface area contributed by atoms with E-state index in [4.69, 9.17) is 4.36 Å². The summed E-state index contributed by atoms with van der Waals surface area (Å²) in [5, 5.41) is -0.0207. The smallest absolute Gasteiger partial charge is 0.137 e. The van der Waals surface area contributed by atoms with Crippen LogP contribution in [0.5, 0.6) is 0 Å². The van der Waals surface area contributed by atoms with Gasteiger partial charge in [0.25, 0.3) is 0 Å². The van der Waals surface area contributed by atoms with Gasteiger partial charge in [0.05, 0.1) is 0 Å². The van der Waals surface area contributed by atoms with E-state index >= 15 is 0 Å². The van der Waals surface area contributed by atoms with E-state index in [1.165, 1.54) is 11.1 Å². The molecule has 0 fully saturated rings. The first kappa shape index (κ1) is 16.4. The first-order valence-electron chi connectivity index (χ1n) is 8.19. The summed E-state index contributed by atoms with van der Waals surface area (Å²) in [7, 11) is -2.52. The summed E-state index contributed by atoms with van der Waals surface area (Å²) in [6.45, 7) is 10.8. The molecule has 3 heteroatoms. The van der Waals surface area contributed by atoms with Crippen molar-refractivity contribution >= 4 is 15.8 Å². The molecule has 2 aromatic rings. The molecule has 0 saturated carbocycles. The molecule has 23 heavy (non-hydrogen) atoms. The fourth-order valence-electron chi connectivity index (χ4n) is 3.99. The van der Waals surface area contributed by atoms with Crippen molar-refractivity contribution < 1.29 is 4.55 Å². The van der Waals surface area contributed by atoms with Crippen LogP contribution in [0, 0.1) is 12.8 Å². The molecule has 2 nitrogen and oxygen atoms in total. The molecule has 0 aromatic heterocycles. The van der Waals surface area contributed by atoms with E-state index in [-0.39, 0.29) is 16.6 Å². The Balaban J connectivity index is 2.32. The zero-order chi connectivity index (χ0) is 16.8. The fraction of sp³-hybridized carbons (Fsp3) is 0.400. The summed E-state index contributed by atoms with van der Waals surface area (Å²) in [4.78, 5) is 0.851. The highest BCUT2D eigenvalue weighted by molar-refractivity contribution is 8.00. The third-order valence-electron chi connectivity index (χ3n) is 4.85. The minimum Gasteiger partial charge on any atom is -0.626 e. The molecule has 1 aliphatic heterocycles. The van der Waals surface area contributed by atoms with Crippen molar-refractivity contribution in [2.45, 2.75) is 50.2 Å². The van der Waals surface area contributed by atoms with E-state index in [1.807, 2.05) is 49.4 Å². The second-order valence-electron chi connectivity index (χ2n) is 7.38. The number of hydrogen-bond donors (Lipinski definition) is 0. The van der Waals surface area contributed by atoms with E-state index < -0.39 is 10.1 Å². The van der Waals surface area contributed by atoms with Gasteiger partial charge in [-0.25, -0.2) is 0 Å². The van der Waals surface area contributed by atoms with Crippen LogP contribution in [-0.4, -0.2) is 9.80 Å². The molecule has 0 N–H and O–H groups in total. The van der Waals surface area contributed by atoms with Gasteiger partial charge in [-0.15, -0.1) is 4.36 Å². The predicted molar refractivity (Wildman–Crippen MR) is 97.8 cm³/mol. The standard InChI is InChI=1S/C20H25NOS/c1-14(2)19-20(4,5)17-8-6-7-9-18(17)21-23(19,22)16-12-10-15(3)11-13-16/h6-14,19H,1-5H3/t19-,23?/m1/s1. The molecule has 0 aliphatic carbocycles. The minimum atomic E-state index is -2.52. The Bertz CT molecular complexity index is 774. The lowest BCUT2D eigenvalue weighted by atomic mass is 9.76. The Labute approximate surface area is 140 Å². The number of nitrogens with zero attached hydrogens (tertiary/aromatic N) is 1. The molecule has 122 valence electrons. The predicted octanol–water partition coefficient (Wildman–Crippen LogP) is 5.47. The lowest BCUT2D eigenvalue weighted by Crippen LogP contribution is -2.48. The average molecular weight is 327 g/mol. The van der Waals surface area contributed by atoms with Crippen LogP contribution in [-0.2, 0) is 15.5 Å². The average Bonchev–Trinajstić information content (AvgIpc) is 2.46. The van der Waals surface area contributed by atoms with E-state index in [2.05, 4.69) is 33.8 Å². The quantitative estimate of drug-likeness (QED) is 0.674. The zero-order valence-electron chi connectivity index (χ0n) is 14.5. The van der Waals surface area contributed by atoms with E-state index in [0.29, 0.717) is 0 Å². The van der Waals surface area contributed by atoms with Crippen LogP contribution in [0.25, 0.3) is 0 Å². The second kappa shape index (κ2) is 5.57. The summed E-state index contributed by atoms with van der Waals surface area (Å²) >= 11 is 0. The lowest BCUT2D eigenvalue weighted by molar-refractivity contribution is 0.384. The SMILES string of the molecule is Cc1ccc([S+]2([O-])=Nc3ccccc3C(C)(C)[C@H]2C(C)C)cc1. The monoisotopic (exact) mass is 327 g/mol. The maximum Gasteiger partial charge on any atom is 0.137 e. The molecule has 0 radical (unpaired) electrons. The maximum absolute atomic E-state index is 14.1. The van der Waals surface area contributed by atoms with E-state index in [1.54, 1.807) is 0 Å². The fourth-order valence-corrected chi connectivity index (χ4v) is 7.14. The Morgan fingerprint density at radius 1 is 1.04 bits per heavy atom. The van der Waals surface area contributed by atoms with Crippen molar-refractivity contribution in [3.8, 4) is 0 Å². The summed E-state index contributed by atoms with van der Waals surface area (Å²) in [5.41, 5.74) is 3.06. The van der Waals surface area contributed by atoms with Gasteiger partial charge in [0, 0.05) is 11.3 Å². The van der Waals surface area contributed by atoms with Crippen LogP contribution in [0.15, 0.2) is 57.8 Å². The van der Waals surface area contributed by atoms with Crippen LogP contribution in [0.2, 0.25) is 0 Å². The van der Waals surface area contributed by atoms with E-state index in [9.17, 15) is 4.55 Å². The molecule has 2 atom stereocenters. The van der Waals surface area contributed by atoms with Crippen molar-refractivity contribution in [3.63, 3.8) is 0 Å². The van der Waals surface area contributed by atoms with Gasteiger partial charge in [-0.1, -0.05) is 63.6 Å². The van der Waals surface area contributed by atoms with Crippen LogP contribution < -0.4 is 0 Å². The molecule has 0 saturated heterocycles. The van der Waals surface area contributed by atoms with E-state index in [0.717, 1.165) is 10.6 Å². The van der Waals surface area contributed by atoms with Crippen molar-refractivity contribution in [1.82, 2.24) is 0 Å². The molecule has 2 aromatic carbocycles. The number of hydrogen-bond acceptors (Lipinski definition) is 2. The van der Waals surface area contributed by atoms with Crippen molar-refractivity contribution in [2.75, 3.05) is 0 Å². The minimum absolute atomic E-state index is 0.0207. The summed E-state index contributed by atoms with van der Waals surface area (Å²) in [6, 6.07) is 16.2. The van der Waals surface area contributed by atoms with Crippen LogP contribution >= 0.6 is 0 Å². The summed E-state index contributed by atoms with van der Waals surface area (Å²) in [5.74, 6) is 0.274. The molecular formula is C20H25NOS. The molecule has 0 bridgehead atoms. The molecule has 3 rings (SSSR count). The molecule has 0 amide bonds. The van der Waals surface area contributed by atoms with Crippen LogP contribution in [0.3, 0.4) is 0 Å². The summed E-state index contributed by atoms with van der Waals surface area (Å²) in [6.07, 6.45) is 0. The third kappa shape index (κ3) is 2.56. The highest BCUT2D eigenvalue weighted by atomic mass is 32.3. The Morgan fingerprint density at radius 2 is 1.65 bits per heavy atom. The van der Waals surface area contributed by atoms with Crippen LogP contribution in [0.1, 0.15) is 38.8 Å². The van der Waals surface area contributed by atoms with Gasteiger partial charge in [-0.05, 0) is 40.8 Å². The second-order valence-corrected chi connectivity index (χ2v) is 9.68. The van der Waals surface area contributed by atoms with Gasteiger partial charge >= 0.3 is 0 Å². The normalized spacial score (nSPS) is 25.8. The molecule has 1 heterocycles. The lowest BCUT2D eigenvalue weighted by Gasteiger charge is -2.46. The molecular weight excluding hydrogens is 302 g/mol. The first-order valence-corrected chi connectivity index (χ1v) is 9.77. The third-order valence-corrected chi connectivity index (χ3v) is 8.09. The Hall–Kier alpha value is -1.45. The first-order chi connectivity index (χ1) is 10.8. The van der Waals surface area contributed by atoms with Crippen molar-refractivity contribution in [1.29, 1.82) is 0 Å². The number of benzene rings is 2. The van der Waals surface area contributed by atoms with Gasteiger partial charge in [0.2, 0.25) is 0 Å². The molecule has 0 spiro atoms. The summed E-state index contributed by atoms with van der Waals surface area (Å²) < 4.78 is 18.9. The maximum atomic E-state index is 14.1. The van der Waals surface area contributed by atoms with Gasteiger partial charge in [-0.2, -0.15) is 0 Å². The topological polar surface area (TPSA) is 35.4 Å². The van der Waals surface area contributed by atoms with Crippen LogP contribution in [0.4, 0.5) is 5.69 Å². The molecule has 1 unspecified atom stereocenters. The van der Waals surface area contributed by atoms with Gasteiger partial charge < -0.3 is 4.55 Å². The highest BCUT2D eigenvalue weighted by Crippen LogP contribution is 2.50. The number of fused-ring (bicyclic) bond motifs is 1. The van der Waals surface area contributed by atoms with Gasteiger partial charge in [0.1, 0.15) is 15.8 Å². The number of rotatable bonds is 2.